The summed E-state index contributed by atoms with van der Waals surface area (Å²) in [5.41, 5.74) is 4.03. The molecule has 3 aromatic rings. The van der Waals surface area contributed by atoms with Crippen molar-refractivity contribution in [2.24, 2.45) is 0 Å². The fourth-order valence-corrected chi connectivity index (χ4v) is 4.72. The van der Waals surface area contributed by atoms with E-state index in [9.17, 15) is 9.18 Å². The molecule has 2 heterocycles. The molecule has 0 aliphatic carbocycles. The van der Waals surface area contributed by atoms with E-state index in [1.165, 1.54) is 17.7 Å². The number of halogens is 1. The molecule has 3 aromatic carbocycles. The number of hydrogen-bond acceptors (Lipinski definition) is 3. The molecule has 2 saturated heterocycles. The van der Waals surface area contributed by atoms with Crippen LogP contribution in [-0.4, -0.2) is 43.2 Å². The molecule has 2 N–H and O–H groups in total. The van der Waals surface area contributed by atoms with Gasteiger partial charge in [0.15, 0.2) is 0 Å². The van der Waals surface area contributed by atoms with E-state index in [2.05, 4.69) is 34.9 Å². The number of carbonyl (C=O) groups is 1. The van der Waals surface area contributed by atoms with E-state index in [0.717, 1.165) is 35.7 Å². The van der Waals surface area contributed by atoms with Crippen LogP contribution in [0.3, 0.4) is 0 Å². The van der Waals surface area contributed by atoms with Crippen LogP contribution in [0.5, 0.6) is 5.75 Å². The van der Waals surface area contributed by atoms with Gasteiger partial charge in [-0.3, -0.25) is 0 Å². The second kappa shape index (κ2) is 8.04. The Morgan fingerprint density at radius 1 is 0.935 bits per heavy atom. The molecule has 5 nitrogen and oxygen atoms in total. The third kappa shape index (κ3) is 3.64. The highest BCUT2D eigenvalue weighted by Crippen LogP contribution is 2.43. The van der Waals surface area contributed by atoms with Gasteiger partial charge < -0.3 is 20.3 Å². The SMILES string of the molecule is COc1ccc(NC(=O)N2[C@@H]3CNC[C@H]2C3c2ccc(-c3ccc(F)cc3)cc2)cc1. The normalized spacial score (nSPS) is 21.9. The third-order valence-corrected chi connectivity index (χ3v) is 6.30. The third-order valence-electron chi connectivity index (χ3n) is 6.30. The fraction of sp³-hybridized carbons (Fsp3) is 0.240. The summed E-state index contributed by atoms with van der Waals surface area (Å²) in [4.78, 5) is 14.9. The number of carbonyl (C=O) groups excluding carboxylic acids is 1. The number of nitrogens with zero attached hydrogens (tertiary/aromatic N) is 1. The number of urea groups is 1. The van der Waals surface area contributed by atoms with Gasteiger partial charge in [0.25, 0.3) is 0 Å². The zero-order chi connectivity index (χ0) is 21.4. The van der Waals surface area contributed by atoms with Crippen LogP contribution in [0.25, 0.3) is 11.1 Å². The van der Waals surface area contributed by atoms with Crippen molar-refractivity contribution in [3.63, 3.8) is 0 Å². The second-order valence-corrected chi connectivity index (χ2v) is 8.01. The number of rotatable bonds is 4. The van der Waals surface area contributed by atoms with Crippen LogP contribution in [-0.2, 0) is 0 Å². The number of ether oxygens (including phenoxy) is 1. The van der Waals surface area contributed by atoms with Crippen LogP contribution in [0.15, 0.2) is 72.8 Å². The number of hydrogen-bond donors (Lipinski definition) is 2. The first-order chi connectivity index (χ1) is 15.1. The number of anilines is 1. The van der Waals surface area contributed by atoms with E-state index >= 15 is 0 Å². The molecular weight excluding hydrogens is 393 g/mol. The van der Waals surface area contributed by atoms with Crippen LogP contribution in [0.1, 0.15) is 11.5 Å². The van der Waals surface area contributed by atoms with Gasteiger partial charge in [0.05, 0.1) is 19.2 Å². The zero-order valence-corrected chi connectivity index (χ0v) is 17.2. The maximum atomic E-state index is 13.2. The highest BCUT2D eigenvalue weighted by atomic mass is 19.1. The summed E-state index contributed by atoms with van der Waals surface area (Å²) < 4.78 is 18.4. The standard InChI is InChI=1S/C25H24FN3O2/c1-31-21-12-10-20(11-13-21)28-25(30)29-22-14-27-15-23(29)24(22)18-4-2-16(3-5-18)17-6-8-19(26)9-7-17/h2-13,22-24,27H,14-15H2,1H3,(H,28,30)/t22-,23+,24?. The Morgan fingerprint density at radius 2 is 1.52 bits per heavy atom. The molecule has 0 radical (unpaired) electrons. The van der Waals surface area contributed by atoms with Gasteiger partial charge in [0.1, 0.15) is 11.6 Å². The molecule has 2 fully saturated rings. The largest absolute Gasteiger partial charge is 0.497 e. The highest BCUT2D eigenvalue weighted by molar-refractivity contribution is 5.91. The van der Waals surface area contributed by atoms with E-state index in [-0.39, 0.29) is 23.9 Å². The molecule has 2 aliphatic heterocycles. The van der Waals surface area contributed by atoms with Gasteiger partial charge in [-0.15, -0.1) is 0 Å². The smallest absolute Gasteiger partial charge is 0.322 e. The first-order valence-electron chi connectivity index (χ1n) is 10.4. The van der Waals surface area contributed by atoms with Crippen LogP contribution in [0.4, 0.5) is 14.9 Å². The monoisotopic (exact) mass is 417 g/mol. The van der Waals surface area contributed by atoms with Gasteiger partial charge in [0, 0.05) is 24.7 Å². The number of nitrogens with one attached hydrogen (secondary N) is 2. The Hall–Kier alpha value is -3.38. The van der Waals surface area contributed by atoms with Gasteiger partial charge in [0.2, 0.25) is 0 Å². The maximum absolute atomic E-state index is 13.2. The first-order valence-corrected chi connectivity index (χ1v) is 10.4. The quantitative estimate of drug-likeness (QED) is 0.659. The minimum atomic E-state index is -0.233. The predicted molar refractivity (Wildman–Crippen MR) is 119 cm³/mol. The summed E-state index contributed by atoms with van der Waals surface area (Å²) in [6.45, 7) is 1.55. The van der Waals surface area contributed by atoms with Gasteiger partial charge in [-0.25, -0.2) is 9.18 Å². The lowest BCUT2D eigenvalue weighted by Crippen LogP contribution is -2.74. The lowest BCUT2D eigenvalue weighted by atomic mass is 9.72. The first kappa shape index (κ1) is 19.6. The summed E-state index contributed by atoms with van der Waals surface area (Å²) in [5.74, 6) is 0.834. The number of benzene rings is 3. The summed E-state index contributed by atoms with van der Waals surface area (Å²) in [6.07, 6.45) is 0. The summed E-state index contributed by atoms with van der Waals surface area (Å²) >= 11 is 0. The maximum Gasteiger partial charge on any atom is 0.322 e. The molecule has 2 bridgehead atoms. The zero-order valence-electron chi connectivity index (χ0n) is 17.2. The Bertz CT molecular complexity index is 1060. The summed E-state index contributed by atoms with van der Waals surface area (Å²) in [6, 6.07) is 22.5. The molecule has 0 saturated carbocycles. The predicted octanol–water partition coefficient (Wildman–Crippen LogP) is 4.47. The van der Waals surface area contributed by atoms with Gasteiger partial charge in [-0.05, 0) is 53.1 Å². The van der Waals surface area contributed by atoms with Crippen molar-refractivity contribution in [2.45, 2.75) is 18.0 Å². The van der Waals surface area contributed by atoms with Crippen molar-refractivity contribution in [1.82, 2.24) is 10.2 Å². The minimum Gasteiger partial charge on any atom is -0.497 e. The molecule has 2 amide bonds. The van der Waals surface area contributed by atoms with Crippen molar-refractivity contribution < 1.29 is 13.9 Å². The Labute approximate surface area is 180 Å². The van der Waals surface area contributed by atoms with Crippen molar-refractivity contribution >= 4 is 11.7 Å². The van der Waals surface area contributed by atoms with Crippen LogP contribution in [0, 0.1) is 5.82 Å². The second-order valence-electron chi connectivity index (χ2n) is 8.01. The Kier molecular flexibility index (Phi) is 5.08. The van der Waals surface area contributed by atoms with Crippen LogP contribution in [0.2, 0.25) is 0 Å². The van der Waals surface area contributed by atoms with E-state index in [1.807, 2.05) is 29.2 Å². The molecule has 2 aliphatic rings. The molecule has 6 heteroatoms. The molecule has 158 valence electrons. The molecular formula is C25H24FN3O2. The Balaban J connectivity index is 1.29. The number of amides is 2. The van der Waals surface area contributed by atoms with Crippen molar-refractivity contribution in [2.75, 3.05) is 25.5 Å². The minimum absolute atomic E-state index is 0.0687. The van der Waals surface area contributed by atoms with E-state index in [4.69, 9.17) is 4.74 Å². The van der Waals surface area contributed by atoms with Crippen molar-refractivity contribution in [1.29, 1.82) is 0 Å². The highest BCUT2D eigenvalue weighted by Gasteiger charge is 2.53. The summed E-state index contributed by atoms with van der Waals surface area (Å²) in [7, 11) is 1.62. The van der Waals surface area contributed by atoms with E-state index in [0.29, 0.717) is 5.92 Å². The molecule has 0 aromatic heterocycles. The van der Waals surface area contributed by atoms with Crippen LogP contribution < -0.4 is 15.4 Å². The van der Waals surface area contributed by atoms with Crippen molar-refractivity contribution in [3.8, 4) is 16.9 Å². The average Bonchev–Trinajstić information content (AvgIpc) is 2.81. The average molecular weight is 417 g/mol. The lowest BCUT2D eigenvalue weighted by Gasteiger charge is -2.59. The van der Waals surface area contributed by atoms with Gasteiger partial charge >= 0.3 is 6.03 Å². The molecule has 31 heavy (non-hydrogen) atoms. The number of piperidine rings is 1. The number of fused-ring (bicyclic) bond motifs is 2. The van der Waals surface area contributed by atoms with E-state index < -0.39 is 0 Å². The number of piperazine rings is 1. The molecule has 1 unspecified atom stereocenters. The lowest BCUT2D eigenvalue weighted by molar-refractivity contribution is 0.00202. The van der Waals surface area contributed by atoms with Crippen LogP contribution >= 0.6 is 0 Å². The fourth-order valence-electron chi connectivity index (χ4n) is 4.72. The van der Waals surface area contributed by atoms with E-state index in [1.54, 1.807) is 19.2 Å². The number of methoxy groups -OCH3 is 1. The Morgan fingerprint density at radius 3 is 2.10 bits per heavy atom. The van der Waals surface area contributed by atoms with Gasteiger partial charge in [-0.1, -0.05) is 36.4 Å². The topological polar surface area (TPSA) is 53.6 Å². The van der Waals surface area contributed by atoms with Crippen molar-refractivity contribution in [3.05, 3.63) is 84.2 Å². The molecule has 0 spiro atoms. The van der Waals surface area contributed by atoms with Gasteiger partial charge in [-0.2, -0.15) is 0 Å². The summed E-state index contributed by atoms with van der Waals surface area (Å²) in [5, 5.41) is 6.42. The molecule has 3 atom stereocenters. The molecule has 5 rings (SSSR count).